The number of nitrogens with zero attached hydrogens (tertiary/aromatic N) is 3. The summed E-state index contributed by atoms with van der Waals surface area (Å²) in [4.78, 5) is 42.1. The minimum absolute atomic E-state index is 0.0151. The minimum Gasteiger partial charge on any atom is -0.457 e. The third kappa shape index (κ3) is 5.04. The van der Waals surface area contributed by atoms with Crippen molar-refractivity contribution < 1.29 is 37.8 Å². The molecule has 3 aromatic rings. The molecule has 50 heavy (non-hydrogen) atoms. The molecule has 10 nitrogen and oxygen atoms in total. The van der Waals surface area contributed by atoms with Crippen molar-refractivity contribution in [2.75, 3.05) is 32.3 Å². The number of furan rings is 1. The van der Waals surface area contributed by atoms with Gasteiger partial charge in [-0.25, -0.2) is 13.9 Å². The van der Waals surface area contributed by atoms with Crippen molar-refractivity contribution in [3.63, 3.8) is 0 Å². The first-order valence-corrected chi connectivity index (χ1v) is 18.5. The normalized spacial score (nSPS) is 33.0. The molecule has 2 aromatic heterocycles. The molecule has 4 aliphatic carbocycles. The van der Waals surface area contributed by atoms with Crippen molar-refractivity contribution in [2.45, 2.75) is 64.1 Å². The Bertz CT molecular complexity index is 1850. The van der Waals surface area contributed by atoms with Crippen LogP contribution in [0.5, 0.6) is 0 Å². The van der Waals surface area contributed by atoms with E-state index < -0.39 is 34.2 Å². The Morgan fingerprint density at radius 3 is 2.72 bits per heavy atom. The molecule has 12 heteroatoms. The highest BCUT2D eigenvalue weighted by atomic mass is 32.2. The van der Waals surface area contributed by atoms with Gasteiger partial charge in [-0.2, -0.15) is 5.10 Å². The number of thioether (sulfide) groups is 1. The van der Waals surface area contributed by atoms with Crippen molar-refractivity contribution in [3.8, 4) is 5.69 Å². The van der Waals surface area contributed by atoms with E-state index in [4.69, 9.17) is 19.0 Å². The summed E-state index contributed by atoms with van der Waals surface area (Å²) in [6.07, 6.45) is 8.17. The topological polar surface area (TPSA) is 124 Å². The van der Waals surface area contributed by atoms with Crippen LogP contribution in [0.2, 0.25) is 0 Å². The minimum atomic E-state index is -1.58. The smallest absolute Gasteiger partial charge is 0.375 e. The number of hydrogen-bond acceptors (Lipinski definition) is 9. The van der Waals surface area contributed by atoms with Crippen molar-refractivity contribution >= 4 is 34.8 Å². The van der Waals surface area contributed by atoms with Crippen LogP contribution in [-0.2, 0) is 20.7 Å². The molecule has 1 aromatic carbocycles. The number of esters is 1. The molecule has 0 spiro atoms. The molecular weight excluding hydrogens is 661 g/mol. The lowest BCUT2D eigenvalue weighted by Crippen LogP contribution is -2.62. The van der Waals surface area contributed by atoms with Gasteiger partial charge in [0, 0.05) is 24.1 Å². The number of ether oxygens (including phenoxy) is 2. The Kier molecular flexibility index (Phi) is 8.34. The summed E-state index contributed by atoms with van der Waals surface area (Å²) in [5, 5.41) is 16.5. The molecule has 5 aliphatic rings. The summed E-state index contributed by atoms with van der Waals surface area (Å²) in [5.74, 6) is -0.827. The summed E-state index contributed by atoms with van der Waals surface area (Å²) in [6, 6.07) is 9.73. The summed E-state index contributed by atoms with van der Waals surface area (Å²) < 4.78 is 32.4. The first-order valence-electron chi connectivity index (χ1n) is 17.5. The number of alkyl halides is 1. The van der Waals surface area contributed by atoms with Gasteiger partial charge in [0.25, 0.3) is 5.91 Å². The number of allylic oxidation sites excluding steroid dienone is 1. The van der Waals surface area contributed by atoms with Crippen molar-refractivity contribution in [1.82, 2.24) is 14.7 Å². The Morgan fingerprint density at radius 1 is 1.14 bits per heavy atom. The zero-order valence-corrected chi connectivity index (χ0v) is 29.1. The van der Waals surface area contributed by atoms with Crippen LogP contribution < -0.4 is 0 Å². The van der Waals surface area contributed by atoms with Crippen LogP contribution in [0, 0.1) is 28.6 Å². The van der Waals surface area contributed by atoms with E-state index in [0.29, 0.717) is 56.5 Å². The Labute approximate surface area is 294 Å². The number of morpholine rings is 1. The van der Waals surface area contributed by atoms with Gasteiger partial charge in [-0.15, -0.1) is 0 Å². The van der Waals surface area contributed by atoms with E-state index in [0.717, 1.165) is 29.8 Å². The largest absolute Gasteiger partial charge is 0.457 e. The molecule has 264 valence electrons. The van der Waals surface area contributed by atoms with Gasteiger partial charge in [0.1, 0.15) is 6.01 Å². The molecule has 8 rings (SSSR count). The Hall–Kier alpha value is -3.74. The molecule has 0 bridgehead atoms. The van der Waals surface area contributed by atoms with E-state index in [2.05, 4.69) is 13.0 Å². The molecule has 1 aliphatic heterocycles. The fourth-order valence-electron chi connectivity index (χ4n) is 10.4. The molecule has 4 fully saturated rings. The average molecular weight is 704 g/mol. The maximum Gasteiger partial charge on any atom is 0.375 e. The van der Waals surface area contributed by atoms with E-state index in [1.165, 1.54) is 17.9 Å². The zero-order valence-electron chi connectivity index (χ0n) is 28.3. The quantitative estimate of drug-likeness (QED) is 0.314. The molecule has 0 radical (unpaired) electrons. The van der Waals surface area contributed by atoms with Crippen molar-refractivity contribution in [1.29, 1.82) is 0 Å². The maximum absolute atomic E-state index is 13.8. The highest BCUT2D eigenvalue weighted by Gasteiger charge is 2.71. The molecule has 3 heterocycles. The summed E-state index contributed by atoms with van der Waals surface area (Å²) in [6.45, 7) is 6.41. The lowest BCUT2D eigenvalue weighted by molar-refractivity contribution is -0.175. The van der Waals surface area contributed by atoms with Gasteiger partial charge in [0.05, 0.1) is 43.2 Å². The molecule has 7 atom stereocenters. The van der Waals surface area contributed by atoms with Crippen LogP contribution in [0.25, 0.3) is 11.8 Å². The molecule has 1 saturated heterocycles. The number of hydrogen-bond donors (Lipinski definition) is 1. The van der Waals surface area contributed by atoms with Crippen molar-refractivity contribution in [2.24, 2.45) is 28.6 Å². The monoisotopic (exact) mass is 703 g/mol. The second-order valence-electron chi connectivity index (χ2n) is 15.0. The van der Waals surface area contributed by atoms with E-state index in [1.54, 1.807) is 6.07 Å². The number of rotatable bonds is 6. The van der Waals surface area contributed by atoms with Gasteiger partial charge in [0.15, 0.2) is 5.60 Å². The lowest BCUT2D eigenvalue weighted by Gasteiger charge is -2.60. The van der Waals surface area contributed by atoms with Crippen LogP contribution in [-0.4, -0.2) is 80.8 Å². The fraction of sp³-hybridized carbons (Fsp3) is 0.526. The van der Waals surface area contributed by atoms with Gasteiger partial charge in [-0.05, 0) is 115 Å². The number of carbonyl (C=O) groups is 3. The highest BCUT2D eigenvalue weighted by molar-refractivity contribution is 8.13. The first kappa shape index (κ1) is 33.4. The Morgan fingerprint density at radius 2 is 1.96 bits per heavy atom. The van der Waals surface area contributed by atoms with E-state index in [9.17, 15) is 23.9 Å². The van der Waals surface area contributed by atoms with Gasteiger partial charge in [0.2, 0.25) is 10.9 Å². The summed E-state index contributed by atoms with van der Waals surface area (Å²) in [7, 11) is 0. The zero-order chi connectivity index (χ0) is 34.8. The van der Waals surface area contributed by atoms with E-state index in [-0.39, 0.29) is 47.7 Å². The maximum atomic E-state index is 13.8. The van der Waals surface area contributed by atoms with Crippen LogP contribution in [0.1, 0.15) is 78.1 Å². The standard InChI is InChI=1S/C38H42FN3O7S/c1-36-19-24-21-40-42(26-6-3-5-23(17-26)33(44)41-12-15-47-16-13-41)29(24)18-25(36)8-9-27-28-10-11-38(35(46)50-22-39,37(28,2)20-30(43)32(27)36)49-34(45)31-7-4-14-48-31/h3-7,14,17-18,21,27-28,30,32,43H,8-13,15-16,19-20,22H2,1-2H3/t27-,28?,30-,32?,36-,37-,38-/m0/s1. The number of aliphatic hydroxyl groups excluding tert-OH is 1. The first-order chi connectivity index (χ1) is 24.1. The molecule has 1 N–H and O–H groups in total. The number of halogens is 1. The lowest BCUT2D eigenvalue weighted by atomic mass is 9.45. The molecule has 1 amide bonds. The second kappa shape index (κ2) is 12.5. The van der Waals surface area contributed by atoms with Crippen LogP contribution in [0.3, 0.4) is 0 Å². The predicted octanol–water partition coefficient (Wildman–Crippen LogP) is 5.87. The van der Waals surface area contributed by atoms with Gasteiger partial charge in [-0.1, -0.05) is 25.5 Å². The van der Waals surface area contributed by atoms with Gasteiger partial charge >= 0.3 is 5.97 Å². The molecule has 2 unspecified atom stereocenters. The average Bonchev–Trinajstić information content (AvgIpc) is 3.86. The van der Waals surface area contributed by atoms with E-state index >= 15 is 0 Å². The van der Waals surface area contributed by atoms with Crippen molar-refractivity contribution in [3.05, 3.63) is 77.0 Å². The number of amides is 1. The highest BCUT2D eigenvalue weighted by Crippen LogP contribution is 2.69. The van der Waals surface area contributed by atoms with Gasteiger partial charge in [-0.3, -0.25) is 9.59 Å². The number of fused-ring (bicyclic) bond motifs is 6. The molecule has 3 saturated carbocycles. The van der Waals surface area contributed by atoms with Crippen LogP contribution >= 0.6 is 11.8 Å². The van der Waals surface area contributed by atoms with Crippen LogP contribution in [0.15, 0.2) is 58.8 Å². The second-order valence-corrected chi connectivity index (χ2v) is 15.9. The number of benzene rings is 1. The fourth-order valence-corrected chi connectivity index (χ4v) is 11.1. The third-order valence-corrected chi connectivity index (χ3v) is 13.4. The van der Waals surface area contributed by atoms with Crippen LogP contribution in [0.4, 0.5) is 4.39 Å². The SMILES string of the molecule is C[C@]12Cc3cnn(-c4cccc(C(=O)N5CCOCC5)c4)c3C=C1CC[C@@H]1C2[C@@H](O)C[C@@]2(C)C1CC[C@]2(OC(=O)c1ccco1)C(=O)SCF. The molecular formula is C38H42FN3O7S. The summed E-state index contributed by atoms with van der Waals surface area (Å²) in [5.41, 5.74) is 1.92. The number of carbonyl (C=O) groups excluding carboxylic acids is 3. The Balaban J connectivity index is 1.09. The number of aromatic nitrogens is 2. The summed E-state index contributed by atoms with van der Waals surface area (Å²) >= 11 is 0.532. The number of aliphatic hydroxyl groups is 1. The third-order valence-electron chi connectivity index (χ3n) is 12.7. The van der Waals surface area contributed by atoms with E-state index in [1.807, 2.05) is 47.0 Å². The van der Waals surface area contributed by atoms with Gasteiger partial charge < -0.3 is 23.9 Å². The predicted molar refractivity (Wildman–Crippen MR) is 183 cm³/mol.